The zero-order chi connectivity index (χ0) is 13.3. The molecule has 1 saturated heterocycles. The Kier molecular flexibility index (Phi) is 3.10. The third kappa shape index (κ3) is 2.09. The lowest BCUT2D eigenvalue weighted by atomic mass is 10.1. The molecule has 96 valence electrons. The summed E-state index contributed by atoms with van der Waals surface area (Å²) in [6.45, 7) is 1.14. The summed E-state index contributed by atoms with van der Waals surface area (Å²) in [5.74, 6) is -1.58. The first kappa shape index (κ1) is 12.2. The number of carboxylic acids is 1. The molecule has 1 aliphatic heterocycles. The van der Waals surface area contributed by atoms with E-state index in [1.54, 1.807) is 12.1 Å². The average molecular weight is 249 g/mol. The number of anilines is 2. The Morgan fingerprint density at radius 1 is 1.39 bits per heavy atom. The number of amides is 1. The van der Waals surface area contributed by atoms with Gasteiger partial charge in [-0.1, -0.05) is 6.07 Å². The van der Waals surface area contributed by atoms with E-state index in [-0.39, 0.29) is 23.1 Å². The molecule has 6 heteroatoms. The normalized spacial score (nSPS) is 18.9. The summed E-state index contributed by atoms with van der Waals surface area (Å²) >= 11 is 0. The zero-order valence-electron chi connectivity index (χ0n) is 9.80. The molecule has 0 spiro atoms. The van der Waals surface area contributed by atoms with E-state index < -0.39 is 5.97 Å². The first-order valence-electron chi connectivity index (χ1n) is 5.66. The number of para-hydroxylation sites is 1. The van der Waals surface area contributed by atoms with Crippen LogP contribution in [-0.4, -0.2) is 30.1 Å². The van der Waals surface area contributed by atoms with Crippen LogP contribution in [0.15, 0.2) is 18.2 Å². The highest BCUT2D eigenvalue weighted by Gasteiger charge is 2.28. The van der Waals surface area contributed by atoms with Crippen LogP contribution in [0.2, 0.25) is 0 Å². The van der Waals surface area contributed by atoms with Crippen molar-refractivity contribution in [3.8, 4) is 0 Å². The topological polar surface area (TPSA) is 110 Å². The molecule has 1 amide bonds. The number of nitrogens with two attached hydrogens (primary N) is 2. The molecular formula is C12H15N3O3. The third-order valence-corrected chi connectivity index (χ3v) is 3.24. The standard InChI is InChI=1S/C12H15N3O3/c13-10-8(12(17)18)2-1-3-9(10)15-5-4-7(6-15)11(14)16/h1-3,7H,4-6,13H2,(H2,14,16)(H,17,18). The number of hydrogen-bond donors (Lipinski definition) is 3. The SMILES string of the molecule is NC(=O)C1CCN(c2cccc(C(=O)O)c2N)C1. The van der Waals surface area contributed by atoms with Gasteiger partial charge in [-0.3, -0.25) is 4.79 Å². The number of carbonyl (C=O) groups excluding carboxylic acids is 1. The summed E-state index contributed by atoms with van der Waals surface area (Å²) in [5, 5.41) is 9.00. The van der Waals surface area contributed by atoms with E-state index in [4.69, 9.17) is 16.6 Å². The number of nitrogens with zero attached hydrogens (tertiary/aromatic N) is 1. The molecular weight excluding hydrogens is 234 g/mol. The predicted octanol–water partition coefficient (Wildman–Crippen LogP) is 0.279. The summed E-state index contributed by atoms with van der Waals surface area (Å²) in [4.78, 5) is 24.0. The molecule has 6 nitrogen and oxygen atoms in total. The average Bonchev–Trinajstić information content (AvgIpc) is 2.78. The predicted molar refractivity (Wildman–Crippen MR) is 67.3 cm³/mol. The van der Waals surface area contributed by atoms with Crippen LogP contribution in [0, 0.1) is 5.92 Å². The van der Waals surface area contributed by atoms with E-state index in [9.17, 15) is 9.59 Å². The number of benzene rings is 1. The number of hydrogen-bond acceptors (Lipinski definition) is 4. The number of rotatable bonds is 3. The Morgan fingerprint density at radius 2 is 2.11 bits per heavy atom. The summed E-state index contributed by atoms with van der Waals surface area (Å²) in [6.07, 6.45) is 0.673. The van der Waals surface area contributed by atoms with Crippen molar-refractivity contribution in [2.24, 2.45) is 11.7 Å². The first-order valence-corrected chi connectivity index (χ1v) is 5.66. The lowest BCUT2D eigenvalue weighted by molar-refractivity contribution is -0.121. The zero-order valence-corrected chi connectivity index (χ0v) is 9.80. The van der Waals surface area contributed by atoms with Gasteiger partial charge in [-0.05, 0) is 18.6 Å². The molecule has 1 aromatic carbocycles. The molecule has 1 aliphatic rings. The Balaban J connectivity index is 2.27. The van der Waals surface area contributed by atoms with Crippen molar-refractivity contribution < 1.29 is 14.7 Å². The van der Waals surface area contributed by atoms with Crippen LogP contribution < -0.4 is 16.4 Å². The maximum Gasteiger partial charge on any atom is 0.337 e. The number of nitrogen functional groups attached to an aromatic ring is 1. The lowest BCUT2D eigenvalue weighted by Gasteiger charge is -2.21. The van der Waals surface area contributed by atoms with Crippen molar-refractivity contribution in [3.05, 3.63) is 23.8 Å². The van der Waals surface area contributed by atoms with Crippen LogP contribution in [0.5, 0.6) is 0 Å². The maximum atomic E-state index is 11.1. The third-order valence-electron chi connectivity index (χ3n) is 3.24. The van der Waals surface area contributed by atoms with Gasteiger partial charge in [0.1, 0.15) is 0 Å². The molecule has 0 aromatic heterocycles. The Bertz CT molecular complexity index is 501. The summed E-state index contributed by atoms with van der Waals surface area (Å²) < 4.78 is 0. The summed E-state index contributed by atoms with van der Waals surface area (Å²) in [5.41, 5.74) is 12.1. The minimum atomic E-state index is -1.06. The van der Waals surface area contributed by atoms with Gasteiger partial charge in [0, 0.05) is 13.1 Å². The fraction of sp³-hybridized carbons (Fsp3) is 0.333. The fourth-order valence-corrected chi connectivity index (χ4v) is 2.23. The van der Waals surface area contributed by atoms with E-state index in [1.165, 1.54) is 6.07 Å². The number of carbonyl (C=O) groups is 2. The van der Waals surface area contributed by atoms with E-state index in [1.807, 2.05) is 4.90 Å². The van der Waals surface area contributed by atoms with Crippen LogP contribution >= 0.6 is 0 Å². The number of primary amides is 1. The Morgan fingerprint density at radius 3 is 2.67 bits per heavy atom. The largest absolute Gasteiger partial charge is 0.478 e. The van der Waals surface area contributed by atoms with Crippen molar-refractivity contribution in [2.45, 2.75) is 6.42 Å². The van der Waals surface area contributed by atoms with E-state index in [0.717, 1.165) is 0 Å². The molecule has 0 radical (unpaired) electrons. The molecule has 5 N–H and O–H groups in total. The number of aromatic carboxylic acids is 1. The second-order valence-corrected chi connectivity index (χ2v) is 4.38. The van der Waals surface area contributed by atoms with Gasteiger partial charge >= 0.3 is 5.97 Å². The second-order valence-electron chi connectivity index (χ2n) is 4.38. The molecule has 1 atom stereocenters. The monoisotopic (exact) mass is 249 g/mol. The Labute approximate surface area is 104 Å². The van der Waals surface area contributed by atoms with Crippen LogP contribution in [-0.2, 0) is 4.79 Å². The second kappa shape index (κ2) is 4.56. The molecule has 18 heavy (non-hydrogen) atoms. The first-order chi connectivity index (χ1) is 8.50. The lowest BCUT2D eigenvalue weighted by Crippen LogP contribution is -2.27. The molecule has 1 fully saturated rings. The van der Waals surface area contributed by atoms with Crippen LogP contribution in [0.4, 0.5) is 11.4 Å². The highest BCUT2D eigenvalue weighted by Crippen LogP contribution is 2.31. The van der Waals surface area contributed by atoms with Gasteiger partial charge in [-0.25, -0.2) is 4.79 Å². The van der Waals surface area contributed by atoms with Gasteiger partial charge in [-0.15, -0.1) is 0 Å². The molecule has 0 saturated carbocycles. The smallest absolute Gasteiger partial charge is 0.337 e. The maximum absolute atomic E-state index is 11.1. The van der Waals surface area contributed by atoms with Gasteiger partial charge in [-0.2, -0.15) is 0 Å². The van der Waals surface area contributed by atoms with Gasteiger partial charge in [0.15, 0.2) is 0 Å². The minimum absolute atomic E-state index is 0.0787. The fourth-order valence-electron chi connectivity index (χ4n) is 2.23. The summed E-state index contributed by atoms with van der Waals surface area (Å²) in [6, 6.07) is 4.86. The highest BCUT2D eigenvalue weighted by molar-refractivity contribution is 5.97. The van der Waals surface area contributed by atoms with Gasteiger partial charge in [0.2, 0.25) is 5.91 Å². The summed E-state index contributed by atoms with van der Waals surface area (Å²) in [7, 11) is 0. The highest BCUT2D eigenvalue weighted by atomic mass is 16.4. The van der Waals surface area contributed by atoms with Gasteiger partial charge < -0.3 is 21.5 Å². The van der Waals surface area contributed by atoms with Crippen LogP contribution in [0.1, 0.15) is 16.8 Å². The van der Waals surface area contributed by atoms with E-state index in [0.29, 0.717) is 25.2 Å². The van der Waals surface area contributed by atoms with E-state index >= 15 is 0 Å². The van der Waals surface area contributed by atoms with Crippen LogP contribution in [0.25, 0.3) is 0 Å². The van der Waals surface area contributed by atoms with E-state index in [2.05, 4.69) is 0 Å². The molecule has 1 unspecified atom stereocenters. The van der Waals surface area contributed by atoms with Crippen molar-refractivity contribution >= 4 is 23.3 Å². The number of carboxylic acid groups (broad SMARTS) is 1. The van der Waals surface area contributed by atoms with Crippen LogP contribution in [0.3, 0.4) is 0 Å². The molecule has 2 rings (SSSR count). The quantitative estimate of drug-likeness (QED) is 0.666. The van der Waals surface area contributed by atoms with Crippen molar-refractivity contribution in [1.29, 1.82) is 0 Å². The van der Waals surface area contributed by atoms with Crippen molar-refractivity contribution in [3.63, 3.8) is 0 Å². The molecule has 1 heterocycles. The van der Waals surface area contributed by atoms with Gasteiger partial charge in [0.05, 0.1) is 22.9 Å². The Hall–Kier alpha value is -2.24. The minimum Gasteiger partial charge on any atom is -0.478 e. The molecule has 1 aromatic rings. The van der Waals surface area contributed by atoms with Crippen molar-refractivity contribution in [1.82, 2.24) is 0 Å². The molecule has 0 bridgehead atoms. The van der Waals surface area contributed by atoms with Gasteiger partial charge in [0.25, 0.3) is 0 Å². The van der Waals surface area contributed by atoms with Crippen molar-refractivity contribution in [2.75, 3.05) is 23.7 Å². The molecule has 0 aliphatic carbocycles.